The van der Waals surface area contributed by atoms with Crippen LogP contribution in [0.5, 0.6) is 0 Å². The van der Waals surface area contributed by atoms with Gasteiger partial charge in [-0.05, 0) is 23.8 Å². The Morgan fingerprint density at radius 3 is 2.65 bits per heavy atom. The zero-order valence-corrected chi connectivity index (χ0v) is 10.7. The fourth-order valence-electron chi connectivity index (χ4n) is 1.95. The van der Waals surface area contributed by atoms with Crippen LogP contribution in [0.25, 0.3) is 11.0 Å². The molecule has 0 amide bonds. The molecule has 2 aromatic heterocycles. The van der Waals surface area contributed by atoms with Crippen LogP contribution in [0.2, 0.25) is 0 Å². The summed E-state index contributed by atoms with van der Waals surface area (Å²) < 4.78 is 0. The molecular weight excluding hydrogens is 252 g/mol. The first-order valence-corrected chi connectivity index (χ1v) is 6.19. The molecule has 20 heavy (non-hydrogen) atoms. The number of hydrogen-bond acceptors (Lipinski definition) is 6. The summed E-state index contributed by atoms with van der Waals surface area (Å²) in [5.74, 6) is 0.485. The Labute approximate surface area is 115 Å². The number of nitrogens with one attached hydrogen (secondary N) is 1. The van der Waals surface area contributed by atoms with Crippen molar-refractivity contribution in [3.05, 3.63) is 48.2 Å². The third-order valence-corrected chi connectivity index (χ3v) is 2.93. The van der Waals surface area contributed by atoms with Gasteiger partial charge in [-0.1, -0.05) is 18.2 Å². The highest BCUT2D eigenvalue weighted by molar-refractivity contribution is 5.86. The molecule has 0 spiro atoms. The molecule has 0 fully saturated rings. The molecule has 3 rings (SSSR count). The number of hydrogen-bond donors (Lipinski definition) is 3. The number of aromatic nitrogens is 3. The molecule has 0 saturated heterocycles. The van der Waals surface area contributed by atoms with Crippen LogP contribution in [0.15, 0.2) is 42.6 Å². The first kappa shape index (κ1) is 12.2. The van der Waals surface area contributed by atoms with Crippen LogP contribution in [0.3, 0.4) is 0 Å². The van der Waals surface area contributed by atoms with Crippen LogP contribution < -0.4 is 16.8 Å². The van der Waals surface area contributed by atoms with Crippen molar-refractivity contribution in [1.29, 1.82) is 0 Å². The molecule has 1 aromatic carbocycles. The number of rotatable bonds is 3. The minimum Gasteiger partial charge on any atom is -0.383 e. The van der Waals surface area contributed by atoms with Crippen molar-refractivity contribution in [2.24, 2.45) is 0 Å². The van der Waals surface area contributed by atoms with Crippen LogP contribution in [-0.4, -0.2) is 15.0 Å². The van der Waals surface area contributed by atoms with Crippen molar-refractivity contribution in [1.82, 2.24) is 15.0 Å². The Balaban J connectivity index is 1.86. The molecule has 0 aliphatic heterocycles. The van der Waals surface area contributed by atoms with E-state index in [4.69, 9.17) is 11.5 Å². The third kappa shape index (κ3) is 2.44. The fourth-order valence-corrected chi connectivity index (χ4v) is 1.95. The normalized spacial score (nSPS) is 10.6. The summed E-state index contributed by atoms with van der Waals surface area (Å²) in [6, 6.07) is 11.9. The predicted molar refractivity (Wildman–Crippen MR) is 79.9 cm³/mol. The molecule has 5 N–H and O–H groups in total. The molecule has 6 heteroatoms. The monoisotopic (exact) mass is 266 g/mol. The maximum Gasteiger partial charge on any atom is 0.224 e. The number of anilines is 3. The molecule has 0 aliphatic rings. The maximum atomic E-state index is 5.84. The molecule has 0 aliphatic carbocycles. The third-order valence-electron chi connectivity index (χ3n) is 2.93. The summed E-state index contributed by atoms with van der Waals surface area (Å²) in [6.45, 7) is 0.650. The zero-order valence-electron chi connectivity index (χ0n) is 10.7. The summed E-state index contributed by atoms with van der Waals surface area (Å²) in [4.78, 5) is 12.3. The molecule has 2 heterocycles. The van der Waals surface area contributed by atoms with Crippen LogP contribution in [0.1, 0.15) is 5.56 Å². The van der Waals surface area contributed by atoms with Gasteiger partial charge in [0.15, 0.2) is 5.65 Å². The minimum absolute atomic E-state index is 0.137. The average molecular weight is 266 g/mol. The van der Waals surface area contributed by atoms with Gasteiger partial charge in [0.2, 0.25) is 5.95 Å². The molecule has 0 unspecified atom stereocenters. The van der Waals surface area contributed by atoms with E-state index in [1.54, 1.807) is 6.20 Å². The lowest BCUT2D eigenvalue weighted by atomic mass is 10.2. The lowest BCUT2D eigenvalue weighted by Gasteiger charge is -2.07. The van der Waals surface area contributed by atoms with E-state index in [0.29, 0.717) is 23.4 Å². The maximum absolute atomic E-state index is 5.84. The SMILES string of the molecule is Nc1nc(N)c2cc(CNc3ccccc3)cnc2n1. The van der Waals surface area contributed by atoms with Crippen molar-refractivity contribution >= 4 is 28.5 Å². The zero-order chi connectivity index (χ0) is 13.9. The molecule has 0 bridgehead atoms. The van der Waals surface area contributed by atoms with Crippen LogP contribution in [0.4, 0.5) is 17.5 Å². The average Bonchev–Trinajstić information content (AvgIpc) is 2.46. The number of nitrogen functional groups attached to an aromatic ring is 2. The van der Waals surface area contributed by atoms with Gasteiger partial charge in [0.25, 0.3) is 0 Å². The van der Waals surface area contributed by atoms with Gasteiger partial charge in [-0.15, -0.1) is 0 Å². The second kappa shape index (κ2) is 5.00. The van der Waals surface area contributed by atoms with E-state index in [2.05, 4.69) is 20.3 Å². The molecular formula is C14H14N6. The second-order valence-electron chi connectivity index (χ2n) is 4.40. The summed E-state index contributed by atoms with van der Waals surface area (Å²) in [6.07, 6.45) is 1.75. The Morgan fingerprint density at radius 1 is 1.05 bits per heavy atom. The van der Waals surface area contributed by atoms with Crippen molar-refractivity contribution in [2.45, 2.75) is 6.54 Å². The number of nitrogens with zero attached hydrogens (tertiary/aromatic N) is 3. The van der Waals surface area contributed by atoms with E-state index >= 15 is 0 Å². The summed E-state index contributed by atoms with van der Waals surface area (Å²) in [7, 11) is 0. The van der Waals surface area contributed by atoms with Gasteiger partial charge in [0.05, 0.1) is 5.39 Å². The predicted octanol–water partition coefficient (Wildman–Crippen LogP) is 1.80. The molecule has 0 radical (unpaired) electrons. The standard InChI is InChI=1S/C14H14N6/c15-12-11-6-9(7-17-10-4-2-1-3-5-10)8-18-13(11)20-14(16)19-12/h1-6,8,17H,7H2,(H4,15,16,18,19,20). The largest absolute Gasteiger partial charge is 0.383 e. The first-order valence-electron chi connectivity index (χ1n) is 6.19. The second-order valence-corrected chi connectivity index (χ2v) is 4.40. The van der Waals surface area contributed by atoms with Gasteiger partial charge in [-0.2, -0.15) is 9.97 Å². The Morgan fingerprint density at radius 2 is 1.85 bits per heavy atom. The quantitative estimate of drug-likeness (QED) is 0.668. The van der Waals surface area contributed by atoms with E-state index in [-0.39, 0.29) is 5.95 Å². The molecule has 100 valence electrons. The first-order chi connectivity index (χ1) is 9.72. The van der Waals surface area contributed by atoms with E-state index in [1.807, 2.05) is 36.4 Å². The fraction of sp³-hybridized carbons (Fsp3) is 0.0714. The van der Waals surface area contributed by atoms with Gasteiger partial charge in [0.1, 0.15) is 5.82 Å². The van der Waals surface area contributed by atoms with E-state index in [1.165, 1.54) is 0 Å². The highest BCUT2D eigenvalue weighted by Gasteiger charge is 2.05. The van der Waals surface area contributed by atoms with E-state index < -0.39 is 0 Å². The van der Waals surface area contributed by atoms with Crippen LogP contribution >= 0.6 is 0 Å². The van der Waals surface area contributed by atoms with Crippen molar-refractivity contribution in [2.75, 3.05) is 16.8 Å². The number of nitrogens with two attached hydrogens (primary N) is 2. The Bertz CT molecular complexity index is 741. The topological polar surface area (TPSA) is 103 Å². The smallest absolute Gasteiger partial charge is 0.224 e. The highest BCUT2D eigenvalue weighted by atomic mass is 15.1. The van der Waals surface area contributed by atoms with E-state index in [9.17, 15) is 0 Å². The number of pyridine rings is 1. The number of para-hydroxylation sites is 1. The Hall–Kier alpha value is -2.89. The minimum atomic E-state index is 0.137. The lowest BCUT2D eigenvalue weighted by Crippen LogP contribution is -2.04. The summed E-state index contributed by atoms with van der Waals surface area (Å²) in [5.41, 5.74) is 13.9. The van der Waals surface area contributed by atoms with Gasteiger partial charge in [0, 0.05) is 18.4 Å². The number of benzene rings is 1. The van der Waals surface area contributed by atoms with Gasteiger partial charge in [-0.3, -0.25) is 0 Å². The Kier molecular flexibility index (Phi) is 3.04. The molecule has 3 aromatic rings. The van der Waals surface area contributed by atoms with Crippen molar-refractivity contribution in [3.63, 3.8) is 0 Å². The molecule has 6 nitrogen and oxygen atoms in total. The van der Waals surface area contributed by atoms with Gasteiger partial charge < -0.3 is 16.8 Å². The summed E-state index contributed by atoms with van der Waals surface area (Å²) >= 11 is 0. The van der Waals surface area contributed by atoms with Crippen LogP contribution in [0, 0.1) is 0 Å². The highest BCUT2D eigenvalue weighted by Crippen LogP contribution is 2.18. The lowest BCUT2D eigenvalue weighted by molar-refractivity contribution is 1.11. The molecule has 0 atom stereocenters. The van der Waals surface area contributed by atoms with Gasteiger partial charge in [-0.25, -0.2) is 4.98 Å². The number of fused-ring (bicyclic) bond motifs is 1. The van der Waals surface area contributed by atoms with Crippen molar-refractivity contribution < 1.29 is 0 Å². The van der Waals surface area contributed by atoms with Crippen molar-refractivity contribution in [3.8, 4) is 0 Å². The van der Waals surface area contributed by atoms with Crippen LogP contribution in [-0.2, 0) is 6.54 Å². The molecule has 0 saturated carbocycles. The van der Waals surface area contributed by atoms with E-state index in [0.717, 1.165) is 11.3 Å². The summed E-state index contributed by atoms with van der Waals surface area (Å²) in [5, 5.41) is 4.02. The van der Waals surface area contributed by atoms with Gasteiger partial charge >= 0.3 is 0 Å².